The molecule has 0 saturated heterocycles. The number of nitrogens with two attached hydrogens (primary N) is 2. The fraction of sp³-hybridized carbons (Fsp3) is 0.300. The number of fused-ring (bicyclic) bond motifs is 2. The van der Waals surface area contributed by atoms with Crippen molar-refractivity contribution in [2.45, 2.75) is 52.6 Å². The van der Waals surface area contributed by atoms with Gasteiger partial charge >= 0.3 is 0 Å². The van der Waals surface area contributed by atoms with Gasteiger partial charge in [0.25, 0.3) is 0 Å². The number of aromatic nitrogens is 4. The molecule has 0 spiro atoms. The number of methoxy groups -OCH3 is 2. The van der Waals surface area contributed by atoms with E-state index in [4.69, 9.17) is 30.9 Å². The van der Waals surface area contributed by atoms with Crippen molar-refractivity contribution in [2.24, 2.45) is 23.3 Å². The Morgan fingerprint density at radius 3 is 1.35 bits per heavy atom. The lowest BCUT2D eigenvalue weighted by Gasteiger charge is -2.14. The van der Waals surface area contributed by atoms with Crippen molar-refractivity contribution in [3.05, 3.63) is 109 Å². The highest BCUT2D eigenvalue weighted by Crippen LogP contribution is 2.33. The van der Waals surface area contributed by atoms with Crippen LogP contribution in [0.1, 0.15) is 64.0 Å². The highest BCUT2D eigenvalue weighted by Gasteiger charge is 2.13. The minimum absolute atomic E-state index is 0.0191. The van der Waals surface area contributed by atoms with Crippen LogP contribution in [0.25, 0.3) is 44.1 Å². The van der Waals surface area contributed by atoms with E-state index in [0.29, 0.717) is 11.8 Å². The molecule has 0 aliphatic rings. The zero-order valence-electron chi connectivity index (χ0n) is 28.7. The number of hydrogen-bond donors (Lipinski definition) is 2. The molecule has 2 unspecified atom stereocenters. The number of nitrogens with zero attached hydrogens (tertiary/aromatic N) is 4. The molecule has 8 heteroatoms. The van der Waals surface area contributed by atoms with Crippen LogP contribution in [0.2, 0.25) is 0 Å². The van der Waals surface area contributed by atoms with Crippen molar-refractivity contribution in [3.63, 3.8) is 0 Å². The molecule has 0 amide bonds. The van der Waals surface area contributed by atoms with Crippen LogP contribution in [0, 0.1) is 11.8 Å². The molecule has 8 nitrogen and oxygen atoms in total. The minimum Gasteiger partial charge on any atom is -0.494 e. The average molecular weight is 643 g/mol. The molecule has 4 aromatic heterocycles. The van der Waals surface area contributed by atoms with Gasteiger partial charge in [0.05, 0.1) is 49.0 Å². The summed E-state index contributed by atoms with van der Waals surface area (Å²) in [6.07, 6.45) is 8.87. The van der Waals surface area contributed by atoms with Crippen LogP contribution in [-0.2, 0) is 0 Å². The van der Waals surface area contributed by atoms with Gasteiger partial charge in [-0.1, -0.05) is 52.0 Å². The Kier molecular flexibility index (Phi) is 11.3. The molecule has 0 fully saturated rings. The van der Waals surface area contributed by atoms with E-state index in [1.165, 1.54) is 0 Å². The van der Waals surface area contributed by atoms with Crippen LogP contribution >= 0.6 is 0 Å². The Morgan fingerprint density at radius 1 is 0.562 bits per heavy atom. The summed E-state index contributed by atoms with van der Waals surface area (Å²) >= 11 is 0. The molecule has 0 bridgehead atoms. The molecule has 0 aliphatic heterocycles. The van der Waals surface area contributed by atoms with E-state index in [1.807, 2.05) is 36.4 Å². The molecule has 48 heavy (non-hydrogen) atoms. The number of rotatable bonds is 10. The van der Waals surface area contributed by atoms with Crippen molar-refractivity contribution in [1.29, 1.82) is 0 Å². The molecule has 2 aromatic carbocycles. The summed E-state index contributed by atoms with van der Waals surface area (Å²) in [6.45, 7) is 8.70. The fourth-order valence-electron chi connectivity index (χ4n) is 5.85. The predicted octanol–water partition coefficient (Wildman–Crippen LogP) is 8.70. The maximum atomic E-state index is 6.26. The second-order valence-electron chi connectivity index (χ2n) is 12.9. The van der Waals surface area contributed by atoms with Crippen molar-refractivity contribution in [1.82, 2.24) is 19.9 Å². The minimum atomic E-state index is -0.0191. The number of pyridine rings is 4. The van der Waals surface area contributed by atoms with Crippen LogP contribution in [0.15, 0.2) is 97.6 Å². The van der Waals surface area contributed by atoms with Gasteiger partial charge in [0.1, 0.15) is 11.5 Å². The molecular weight excluding hydrogens is 596 g/mol. The third-order valence-corrected chi connectivity index (χ3v) is 8.26. The van der Waals surface area contributed by atoms with Crippen LogP contribution in [0.3, 0.4) is 0 Å². The van der Waals surface area contributed by atoms with Gasteiger partial charge in [-0.25, -0.2) is 0 Å². The highest BCUT2D eigenvalue weighted by atomic mass is 16.5. The summed E-state index contributed by atoms with van der Waals surface area (Å²) in [4.78, 5) is 17.7. The maximum Gasteiger partial charge on any atom is 0.144 e. The fourth-order valence-corrected chi connectivity index (χ4v) is 5.85. The van der Waals surface area contributed by atoms with E-state index in [1.54, 1.807) is 39.0 Å². The van der Waals surface area contributed by atoms with Crippen LogP contribution in [0.4, 0.5) is 0 Å². The predicted molar refractivity (Wildman–Crippen MR) is 196 cm³/mol. The van der Waals surface area contributed by atoms with Crippen LogP contribution in [-0.4, -0.2) is 34.2 Å². The van der Waals surface area contributed by atoms with Crippen molar-refractivity contribution >= 4 is 21.8 Å². The Labute approximate surface area is 283 Å². The Morgan fingerprint density at radius 2 is 0.979 bits per heavy atom. The van der Waals surface area contributed by atoms with Gasteiger partial charge in [-0.2, -0.15) is 0 Å². The molecule has 0 aliphatic carbocycles. The van der Waals surface area contributed by atoms with Gasteiger partial charge in [-0.15, -0.1) is 0 Å². The van der Waals surface area contributed by atoms with Gasteiger partial charge in [-0.05, 0) is 84.3 Å². The van der Waals surface area contributed by atoms with Gasteiger partial charge in [0, 0.05) is 46.4 Å². The highest BCUT2D eigenvalue weighted by molar-refractivity contribution is 5.87. The van der Waals surface area contributed by atoms with E-state index in [2.05, 4.69) is 74.1 Å². The van der Waals surface area contributed by atoms with E-state index in [9.17, 15) is 0 Å². The smallest absolute Gasteiger partial charge is 0.144 e. The van der Waals surface area contributed by atoms with Gasteiger partial charge in [-0.3, -0.25) is 19.9 Å². The molecule has 0 radical (unpaired) electrons. The van der Waals surface area contributed by atoms with Crippen molar-refractivity contribution < 1.29 is 9.47 Å². The van der Waals surface area contributed by atoms with E-state index in [-0.39, 0.29) is 12.1 Å². The summed E-state index contributed by atoms with van der Waals surface area (Å²) in [5.41, 5.74) is 20.6. The molecule has 0 saturated carbocycles. The molecule has 6 rings (SSSR count). The van der Waals surface area contributed by atoms with Gasteiger partial charge < -0.3 is 20.9 Å². The molecule has 4 N–H and O–H groups in total. The first-order valence-electron chi connectivity index (χ1n) is 16.5. The lowest BCUT2D eigenvalue weighted by Crippen LogP contribution is -2.14. The number of ether oxygens (including phenoxy) is 2. The Balaban J connectivity index is 0.000000188. The van der Waals surface area contributed by atoms with Crippen molar-refractivity contribution in [3.8, 4) is 33.8 Å². The van der Waals surface area contributed by atoms with E-state index < -0.39 is 0 Å². The topological polar surface area (TPSA) is 122 Å². The summed E-state index contributed by atoms with van der Waals surface area (Å²) < 4.78 is 10.8. The third-order valence-electron chi connectivity index (χ3n) is 8.26. The quantitative estimate of drug-likeness (QED) is 0.152. The SMILES string of the molecule is COc1cnccc1-c1ccc2nc(C(N)CC(C)C)ccc2c1.COc1cnccc1-c1ccc2nc(C(N)CC(C)C)ccc2c1. The largest absolute Gasteiger partial charge is 0.494 e. The molecule has 4 heterocycles. The van der Waals surface area contributed by atoms with Gasteiger partial charge in [0.2, 0.25) is 0 Å². The van der Waals surface area contributed by atoms with Crippen LogP contribution in [0.5, 0.6) is 11.5 Å². The first-order valence-corrected chi connectivity index (χ1v) is 16.5. The summed E-state index contributed by atoms with van der Waals surface area (Å²) in [5.74, 6) is 2.64. The van der Waals surface area contributed by atoms with E-state index in [0.717, 1.165) is 79.8 Å². The number of hydrogen-bond acceptors (Lipinski definition) is 8. The third kappa shape index (κ3) is 8.32. The average Bonchev–Trinajstić information content (AvgIpc) is 3.10. The van der Waals surface area contributed by atoms with Gasteiger partial charge in [0.15, 0.2) is 0 Å². The molecule has 6 aromatic rings. The molecular formula is C40H46N6O2. The molecule has 248 valence electrons. The maximum absolute atomic E-state index is 6.26. The second kappa shape index (κ2) is 15.8. The zero-order valence-corrected chi connectivity index (χ0v) is 28.7. The number of benzene rings is 2. The standard InChI is InChI=1S/2C20H23N3O/c2*1-13(2)10-17(21)19-7-5-15-11-14(4-6-18(15)23-19)16-8-9-22-12-20(16)24-3/h2*4-9,11-13,17H,10,21H2,1-3H3. The summed E-state index contributed by atoms with van der Waals surface area (Å²) in [5, 5.41) is 2.18. The van der Waals surface area contributed by atoms with Crippen LogP contribution < -0.4 is 20.9 Å². The summed E-state index contributed by atoms with van der Waals surface area (Å²) in [6, 6.07) is 24.6. The van der Waals surface area contributed by atoms with E-state index >= 15 is 0 Å². The normalized spacial score (nSPS) is 12.5. The Hall–Kier alpha value is -4.92. The first-order chi connectivity index (χ1) is 23.2. The first kappa shape index (κ1) is 34.4. The summed E-state index contributed by atoms with van der Waals surface area (Å²) in [7, 11) is 3.32. The monoisotopic (exact) mass is 642 g/mol. The lowest BCUT2D eigenvalue weighted by molar-refractivity contribution is 0.414. The second-order valence-corrected chi connectivity index (χ2v) is 12.9. The Bertz CT molecular complexity index is 1830. The zero-order chi connectivity index (χ0) is 34.2. The van der Waals surface area contributed by atoms with Crippen molar-refractivity contribution in [2.75, 3.05) is 14.2 Å². The molecule has 2 atom stereocenters. The lowest BCUT2D eigenvalue weighted by atomic mass is 10.00.